The smallest absolute Gasteiger partial charge is 0.306 e. The molecule has 6 nitrogen and oxygen atoms in total. The number of hydrogen-bond acceptors (Lipinski definition) is 3. The monoisotopic (exact) mass is 301 g/mol. The Balaban J connectivity index is 1.66. The van der Waals surface area contributed by atoms with Crippen molar-refractivity contribution in [2.24, 2.45) is 13.0 Å². The first-order valence-corrected chi connectivity index (χ1v) is 7.47. The van der Waals surface area contributed by atoms with Crippen molar-refractivity contribution in [1.29, 1.82) is 0 Å². The highest BCUT2D eigenvalue weighted by Crippen LogP contribution is 2.26. The number of nitrogens with one attached hydrogen (secondary N) is 1. The van der Waals surface area contributed by atoms with Gasteiger partial charge in [-0.15, -0.1) is 0 Å². The van der Waals surface area contributed by atoms with Crippen molar-refractivity contribution in [1.82, 2.24) is 15.1 Å². The van der Waals surface area contributed by atoms with Crippen LogP contribution in [0.15, 0.2) is 24.3 Å². The minimum absolute atomic E-state index is 0.0384. The number of amides is 1. The maximum atomic E-state index is 12.2. The fraction of sp³-hybridized carbons (Fsp3) is 0.438. The molecule has 1 aromatic carbocycles. The second-order valence-corrected chi connectivity index (χ2v) is 5.88. The molecular formula is C16H19N3O3. The lowest BCUT2D eigenvalue weighted by Gasteiger charge is -2.11. The summed E-state index contributed by atoms with van der Waals surface area (Å²) in [7, 11) is 1.86. The standard InChI is InChI=1S/C16H19N3O3/c1-19-14-5-3-2-4-12(14)13(18-19)9-15(20)17-11-7-6-10(8-11)16(21)22/h2-5,10-11H,6-9H2,1H3,(H,17,20)(H,21,22)/t10-,11+/m1/s1. The minimum Gasteiger partial charge on any atom is -0.481 e. The van der Waals surface area contributed by atoms with E-state index in [1.165, 1.54) is 0 Å². The molecule has 2 N–H and O–H groups in total. The Morgan fingerprint density at radius 3 is 2.86 bits per heavy atom. The molecule has 0 spiro atoms. The van der Waals surface area contributed by atoms with Crippen LogP contribution in [0.5, 0.6) is 0 Å². The summed E-state index contributed by atoms with van der Waals surface area (Å²) in [6, 6.07) is 7.76. The van der Waals surface area contributed by atoms with Gasteiger partial charge in [0.1, 0.15) is 0 Å². The van der Waals surface area contributed by atoms with E-state index in [0.29, 0.717) is 12.8 Å². The largest absolute Gasteiger partial charge is 0.481 e. The maximum Gasteiger partial charge on any atom is 0.306 e. The summed E-state index contributed by atoms with van der Waals surface area (Å²) in [5.41, 5.74) is 1.75. The van der Waals surface area contributed by atoms with Crippen LogP contribution in [0.1, 0.15) is 25.0 Å². The SMILES string of the molecule is Cn1nc(CC(=O)N[C@H]2CC[C@@H](C(=O)O)C2)c2ccccc21. The third-order valence-electron chi connectivity index (χ3n) is 4.31. The highest BCUT2D eigenvalue weighted by Gasteiger charge is 2.30. The quantitative estimate of drug-likeness (QED) is 0.896. The molecule has 1 aromatic heterocycles. The molecule has 1 heterocycles. The van der Waals surface area contributed by atoms with Crippen LogP contribution in [0.25, 0.3) is 10.9 Å². The Morgan fingerprint density at radius 2 is 2.14 bits per heavy atom. The van der Waals surface area contributed by atoms with Crippen molar-refractivity contribution < 1.29 is 14.7 Å². The summed E-state index contributed by atoms with van der Waals surface area (Å²) < 4.78 is 1.77. The Labute approximate surface area is 128 Å². The lowest BCUT2D eigenvalue weighted by Crippen LogP contribution is -2.34. The van der Waals surface area contributed by atoms with Gasteiger partial charge in [0.15, 0.2) is 0 Å². The highest BCUT2D eigenvalue weighted by atomic mass is 16.4. The van der Waals surface area contributed by atoms with Crippen molar-refractivity contribution in [2.75, 3.05) is 0 Å². The lowest BCUT2D eigenvalue weighted by molar-refractivity contribution is -0.141. The molecule has 1 amide bonds. The minimum atomic E-state index is -0.771. The Kier molecular flexibility index (Phi) is 3.83. The van der Waals surface area contributed by atoms with Gasteiger partial charge in [0.25, 0.3) is 0 Å². The van der Waals surface area contributed by atoms with Crippen molar-refractivity contribution in [3.05, 3.63) is 30.0 Å². The molecule has 6 heteroatoms. The zero-order chi connectivity index (χ0) is 15.7. The second kappa shape index (κ2) is 5.79. The topological polar surface area (TPSA) is 84.2 Å². The van der Waals surface area contributed by atoms with E-state index in [-0.39, 0.29) is 24.3 Å². The van der Waals surface area contributed by atoms with Gasteiger partial charge in [-0.3, -0.25) is 14.3 Å². The number of carboxylic acids is 1. The summed E-state index contributed by atoms with van der Waals surface area (Å²) in [4.78, 5) is 23.1. The number of aliphatic carboxylic acids is 1. The predicted molar refractivity (Wildman–Crippen MR) is 81.3 cm³/mol. The highest BCUT2D eigenvalue weighted by molar-refractivity contribution is 5.87. The lowest BCUT2D eigenvalue weighted by atomic mass is 10.1. The van der Waals surface area contributed by atoms with Gasteiger partial charge in [0.05, 0.1) is 23.5 Å². The number of carbonyl (C=O) groups is 2. The zero-order valence-corrected chi connectivity index (χ0v) is 12.5. The summed E-state index contributed by atoms with van der Waals surface area (Å²) >= 11 is 0. The average molecular weight is 301 g/mol. The van der Waals surface area contributed by atoms with Crippen LogP contribution < -0.4 is 5.32 Å². The van der Waals surface area contributed by atoms with E-state index in [1.807, 2.05) is 31.3 Å². The van der Waals surface area contributed by atoms with Gasteiger partial charge in [-0.25, -0.2) is 0 Å². The van der Waals surface area contributed by atoms with E-state index in [0.717, 1.165) is 23.0 Å². The molecule has 3 rings (SSSR count). The summed E-state index contributed by atoms with van der Waals surface area (Å²) in [6.45, 7) is 0. The van der Waals surface area contributed by atoms with E-state index in [9.17, 15) is 9.59 Å². The molecule has 2 aromatic rings. The summed E-state index contributed by atoms with van der Waals surface area (Å²) in [5.74, 6) is -1.20. The third-order valence-corrected chi connectivity index (χ3v) is 4.31. The second-order valence-electron chi connectivity index (χ2n) is 5.88. The first-order chi connectivity index (χ1) is 10.5. The van der Waals surface area contributed by atoms with Crippen LogP contribution in [0.2, 0.25) is 0 Å². The van der Waals surface area contributed by atoms with Gasteiger partial charge in [-0.2, -0.15) is 5.10 Å². The Morgan fingerprint density at radius 1 is 1.36 bits per heavy atom. The van der Waals surface area contributed by atoms with E-state index in [2.05, 4.69) is 10.4 Å². The molecule has 1 saturated carbocycles. The van der Waals surface area contributed by atoms with E-state index in [1.54, 1.807) is 4.68 Å². The molecule has 0 bridgehead atoms. The number of rotatable bonds is 4. The van der Waals surface area contributed by atoms with Crippen LogP contribution in [-0.2, 0) is 23.1 Å². The van der Waals surface area contributed by atoms with Gasteiger partial charge in [-0.05, 0) is 25.3 Å². The molecule has 0 radical (unpaired) electrons. The molecule has 2 atom stereocenters. The number of carbonyl (C=O) groups excluding carboxylic acids is 1. The van der Waals surface area contributed by atoms with E-state index < -0.39 is 5.97 Å². The van der Waals surface area contributed by atoms with Crippen molar-refractivity contribution in [3.63, 3.8) is 0 Å². The number of para-hydroxylation sites is 1. The first-order valence-electron chi connectivity index (χ1n) is 7.47. The molecule has 0 aliphatic heterocycles. The van der Waals surface area contributed by atoms with E-state index >= 15 is 0 Å². The molecular weight excluding hydrogens is 282 g/mol. The van der Waals surface area contributed by atoms with Crippen LogP contribution in [-0.4, -0.2) is 32.8 Å². The van der Waals surface area contributed by atoms with Crippen molar-refractivity contribution in [3.8, 4) is 0 Å². The number of benzene rings is 1. The zero-order valence-electron chi connectivity index (χ0n) is 12.5. The van der Waals surface area contributed by atoms with Crippen molar-refractivity contribution >= 4 is 22.8 Å². The molecule has 1 aliphatic rings. The van der Waals surface area contributed by atoms with Gasteiger partial charge in [0, 0.05) is 18.5 Å². The molecule has 1 fully saturated rings. The van der Waals surface area contributed by atoms with Gasteiger partial charge in [0.2, 0.25) is 5.91 Å². The average Bonchev–Trinajstić information content (AvgIpc) is 3.06. The molecule has 116 valence electrons. The Bertz CT molecular complexity index is 722. The number of carboxylic acid groups (broad SMARTS) is 1. The van der Waals surface area contributed by atoms with Gasteiger partial charge in [-0.1, -0.05) is 18.2 Å². The molecule has 22 heavy (non-hydrogen) atoms. The molecule has 0 unspecified atom stereocenters. The fourth-order valence-corrected chi connectivity index (χ4v) is 3.19. The summed E-state index contributed by atoms with van der Waals surface area (Å²) in [5, 5.41) is 17.3. The van der Waals surface area contributed by atoms with Crippen molar-refractivity contribution in [2.45, 2.75) is 31.7 Å². The molecule has 0 saturated heterocycles. The first kappa shape index (κ1) is 14.6. The number of nitrogens with zero attached hydrogens (tertiary/aromatic N) is 2. The van der Waals surface area contributed by atoms with Crippen LogP contribution in [0, 0.1) is 5.92 Å². The molecule has 1 aliphatic carbocycles. The predicted octanol–water partition coefficient (Wildman–Crippen LogP) is 1.49. The van der Waals surface area contributed by atoms with Crippen LogP contribution in [0.3, 0.4) is 0 Å². The number of aryl methyl sites for hydroxylation is 1. The number of aromatic nitrogens is 2. The van der Waals surface area contributed by atoms with Gasteiger partial charge >= 0.3 is 5.97 Å². The summed E-state index contributed by atoms with van der Waals surface area (Å²) in [6.07, 6.45) is 2.10. The fourth-order valence-electron chi connectivity index (χ4n) is 3.19. The van der Waals surface area contributed by atoms with E-state index in [4.69, 9.17) is 5.11 Å². The normalized spacial score (nSPS) is 21.1. The number of hydrogen-bond donors (Lipinski definition) is 2. The van der Waals surface area contributed by atoms with Crippen LogP contribution in [0.4, 0.5) is 0 Å². The third kappa shape index (κ3) is 2.81. The van der Waals surface area contributed by atoms with Crippen LogP contribution >= 0.6 is 0 Å². The Hall–Kier alpha value is -2.37. The maximum absolute atomic E-state index is 12.2. The van der Waals surface area contributed by atoms with Gasteiger partial charge < -0.3 is 10.4 Å². The number of fused-ring (bicyclic) bond motifs is 1.